The molecule has 5 nitrogen and oxygen atoms in total. The highest BCUT2D eigenvalue weighted by Gasteiger charge is 2.55. The average molecular weight is 355 g/mol. The van der Waals surface area contributed by atoms with E-state index in [0.29, 0.717) is 38.4 Å². The van der Waals surface area contributed by atoms with E-state index in [9.17, 15) is 9.18 Å². The number of halogens is 1. The van der Waals surface area contributed by atoms with Gasteiger partial charge in [0.15, 0.2) is 0 Å². The molecule has 1 amide bonds. The van der Waals surface area contributed by atoms with E-state index in [4.69, 9.17) is 4.74 Å². The van der Waals surface area contributed by atoms with Crippen LogP contribution in [0.4, 0.5) is 4.39 Å². The van der Waals surface area contributed by atoms with Gasteiger partial charge in [-0.2, -0.15) is 0 Å². The van der Waals surface area contributed by atoms with Crippen LogP contribution >= 0.6 is 0 Å². The van der Waals surface area contributed by atoms with Crippen LogP contribution in [0, 0.1) is 17.2 Å². The predicted octanol–water partition coefficient (Wildman–Crippen LogP) is 1.99. The Kier molecular flexibility index (Phi) is 4.70. The Morgan fingerprint density at radius 3 is 2.96 bits per heavy atom. The van der Waals surface area contributed by atoms with Crippen molar-refractivity contribution in [2.75, 3.05) is 26.3 Å². The van der Waals surface area contributed by atoms with Gasteiger partial charge in [0, 0.05) is 37.3 Å². The van der Waals surface area contributed by atoms with Crippen molar-refractivity contribution >= 4 is 5.91 Å². The summed E-state index contributed by atoms with van der Waals surface area (Å²) in [6, 6.07) is 12.5. The Balaban J connectivity index is 1.44. The fourth-order valence-corrected chi connectivity index (χ4v) is 4.00. The molecular formula is C20H22FN3O2. The van der Waals surface area contributed by atoms with E-state index < -0.39 is 5.41 Å². The fourth-order valence-electron chi connectivity index (χ4n) is 4.00. The van der Waals surface area contributed by atoms with Crippen LogP contribution in [0.2, 0.25) is 0 Å². The molecule has 26 heavy (non-hydrogen) atoms. The third-order valence-electron chi connectivity index (χ3n) is 5.40. The normalized spacial score (nSPS) is 25.2. The van der Waals surface area contributed by atoms with Gasteiger partial charge < -0.3 is 10.1 Å². The molecular weight excluding hydrogens is 333 g/mol. The first kappa shape index (κ1) is 17.1. The van der Waals surface area contributed by atoms with E-state index in [0.717, 1.165) is 12.2 Å². The van der Waals surface area contributed by atoms with E-state index in [1.165, 1.54) is 6.07 Å². The molecule has 2 aliphatic heterocycles. The monoisotopic (exact) mass is 355 g/mol. The number of aromatic nitrogens is 1. The zero-order valence-corrected chi connectivity index (χ0v) is 14.5. The van der Waals surface area contributed by atoms with Crippen LogP contribution in [-0.2, 0) is 22.6 Å². The smallest absolute Gasteiger partial charge is 0.230 e. The summed E-state index contributed by atoms with van der Waals surface area (Å²) < 4.78 is 19.6. The highest BCUT2D eigenvalue weighted by molar-refractivity contribution is 5.84. The van der Waals surface area contributed by atoms with Crippen molar-refractivity contribution in [2.24, 2.45) is 11.3 Å². The number of carbonyl (C=O) groups is 1. The van der Waals surface area contributed by atoms with Crippen LogP contribution in [0.5, 0.6) is 0 Å². The molecule has 0 bridgehead atoms. The Hall–Kier alpha value is -2.31. The van der Waals surface area contributed by atoms with Crippen molar-refractivity contribution in [2.45, 2.75) is 13.1 Å². The van der Waals surface area contributed by atoms with Gasteiger partial charge in [-0.1, -0.05) is 24.3 Å². The second-order valence-corrected chi connectivity index (χ2v) is 7.13. The Morgan fingerprint density at radius 2 is 2.15 bits per heavy atom. The minimum Gasteiger partial charge on any atom is -0.380 e. The molecule has 1 aromatic carbocycles. The summed E-state index contributed by atoms with van der Waals surface area (Å²) >= 11 is 0. The van der Waals surface area contributed by atoms with Crippen molar-refractivity contribution in [1.82, 2.24) is 15.2 Å². The third kappa shape index (κ3) is 3.22. The molecule has 2 aromatic rings. The molecule has 2 aliphatic rings. The van der Waals surface area contributed by atoms with Gasteiger partial charge in [-0.05, 0) is 18.2 Å². The molecule has 136 valence electrons. The summed E-state index contributed by atoms with van der Waals surface area (Å²) in [5, 5.41) is 3.02. The zero-order chi connectivity index (χ0) is 18.0. The van der Waals surface area contributed by atoms with Crippen LogP contribution in [0.25, 0.3) is 0 Å². The van der Waals surface area contributed by atoms with Crippen molar-refractivity contribution in [3.05, 3.63) is 65.7 Å². The number of nitrogens with zero attached hydrogens (tertiary/aromatic N) is 2. The van der Waals surface area contributed by atoms with E-state index in [1.807, 2.05) is 24.3 Å². The third-order valence-corrected chi connectivity index (χ3v) is 5.40. The van der Waals surface area contributed by atoms with Crippen LogP contribution in [0.3, 0.4) is 0 Å². The number of carbonyl (C=O) groups excluding carboxylic acids is 1. The molecule has 0 aliphatic carbocycles. The molecule has 0 saturated carbocycles. The molecule has 0 spiro atoms. The quantitative estimate of drug-likeness (QED) is 0.891. The van der Waals surface area contributed by atoms with E-state index >= 15 is 0 Å². The standard InChI is InChI=1S/C20H22FN3O2/c21-18-7-2-1-5-15(18)10-24-11-16-12-26-14-20(16,13-24)19(25)23-9-17-6-3-4-8-22-17/h1-8,16H,9-14H2,(H,23,25)/t16-,20-/m1/s1. The van der Waals surface area contributed by atoms with Crippen molar-refractivity contribution < 1.29 is 13.9 Å². The molecule has 0 radical (unpaired) electrons. The molecule has 0 unspecified atom stereocenters. The summed E-state index contributed by atoms with van der Waals surface area (Å²) in [5.74, 6) is -0.0610. The number of pyridine rings is 1. The molecule has 2 saturated heterocycles. The number of rotatable bonds is 5. The van der Waals surface area contributed by atoms with Crippen molar-refractivity contribution in [1.29, 1.82) is 0 Å². The fraction of sp³-hybridized carbons (Fsp3) is 0.400. The number of likely N-dealkylation sites (tertiary alicyclic amines) is 1. The highest BCUT2D eigenvalue weighted by Crippen LogP contribution is 2.42. The number of nitrogens with one attached hydrogen (secondary N) is 1. The SMILES string of the molecule is O=C(NCc1ccccn1)[C@]12COC[C@H]1CN(Cc1ccccc1F)C2. The second kappa shape index (κ2) is 7.13. The molecule has 6 heteroatoms. The zero-order valence-electron chi connectivity index (χ0n) is 14.5. The van der Waals surface area contributed by atoms with E-state index in [-0.39, 0.29) is 17.6 Å². The Morgan fingerprint density at radius 1 is 1.31 bits per heavy atom. The van der Waals surface area contributed by atoms with Crippen LogP contribution in [0.15, 0.2) is 48.7 Å². The van der Waals surface area contributed by atoms with Crippen LogP contribution in [-0.4, -0.2) is 42.1 Å². The maximum absolute atomic E-state index is 14.0. The first-order chi connectivity index (χ1) is 12.7. The second-order valence-electron chi connectivity index (χ2n) is 7.13. The van der Waals surface area contributed by atoms with Gasteiger partial charge in [-0.15, -0.1) is 0 Å². The number of hydrogen-bond acceptors (Lipinski definition) is 4. The maximum Gasteiger partial charge on any atom is 0.230 e. The minimum atomic E-state index is -0.556. The number of hydrogen-bond donors (Lipinski definition) is 1. The predicted molar refractivity (Wildman–Crippen MR) is 94.5 cm³/mol. The van der Waals surface area contributed by atoms with Crippen molar-refractivity contribution in [3.63, 3.8) is 0 Å². The van der Waals surface area contributed by atoms with Gasteiger partial charge in [0.2, 0.25) is 5.91 Å². The topological polar surface area (TPSA) is 54.5 Å². The van der Waals surface area contributed by atoms with Gasteiger partial charge in [-0.25, -0.2) is 4.39 Å². The average Bonchev–Trinajstić information content (AvgIpc) is 3.20. The Labute approximate surface area is 152 Å². The molecule has 1 N–H and O–H groups in total. The van der Waals surface area contributed by atoms with Crippen LogP contribution in [0.1, 0.15) is 11.3 Å². The summed E-state index contributed by atoms with van der Waals surface area (Å²) in [6.45, 7) is 3.23. The lowest BCUT2D eigenvalue weighted by Gasteiger charge is -2.26. The molecule has 4 rings (SSSR count). The molecule has 2 fully saturated rings. The number of ether oxygens (including phenoxy) is 1. The summed E-state index contributed by atoms with van der Waals surface area (Å²) in [7, 11) is 0. The summed E-state index contributed by atoms with van der Waals surface area (Å²) in [5.41, 5.74) is 0.936. The maximum atomic E-state index is 14.0. The molecule has 2 atom stereocenters. The first-order valence-corrected chi connectivity index (χ1v) is 8.89. The lowest BCUT2D eigenvalue weighted by atomic mass is 9.80. The number of benzene rings is 1. The van der Waals surface area contributed by atoms with Gasteiger partial charge in [0.25, 0.3) is 0 Å². The van der Waals surface area contributed by atoms with Crippen molar-refractivity contribution in [3.8, 4) is 0 Å². The lowest BCUT2D eigenvalue weighted by molar-refractivity contribution is -0.131. The first-order valence-electron chi connectivity index (χ1n) is 8.89. The van der Waals surface area contributed by atoms with E-state index in [1.54, 1.807) is 18.3 Å². The summed E-state index contributed by atoms with van der Waals surface area (Å²) in [6.07, 6.45) is 1.72. The molecule has 1 aromatic heterocycles. The van der Waals surface area contributed by atoms with Gasteiger partial charge >= 0.3 is 0 Å². The number of amides is 1. The Bertz CT molecular complexity index is 786. The minimum absolute atomic E-state index is 0.00156. The largest absolute Gasteiger partial charge is 0.380 e. The molecule has 3 heterocycles. The lowest BCUT2D eigenvalue weighted by Crippen LogP contribution is -2.46. The summed E-state index contributed by atoms with van der Waals surface area (Å²) in [4.78, 5) is 19.4. The van der Waals surface area contributed by atoms with Gasteiger partial charge in [-0.3, -0.25) is 14.7 Å². The number of fused-ring (bicyclic) bond motifs is 1. The van der Waals surface area contributed by atoms with Crippen LogP contribution < -0.4 is 5.32 Å². The highest BCUT2D eigenvalue weighted by atomic mass is 19.1. The van der Waals surface area contributed by atoms with Gasteiger partial charge in [0.05, 0.1) is 30.9 Å². The van der Waals surface area contributed by atoms with Gasteiger partial charge in [0.1, 0.15) is 5.82 Å². The van der Waals surface area contributed by atoms with E-state index in [2.05, 4.69) is 15.2 Å².